The Balaban J connectivity index is 1.89. The van der Waals surface area contributed by atoms with E-state index in [0.717, 1.165) is 38.8 Å². The second-order valence-corrected chi connectivity index (χ2v) is 5.19. The van der Waals surface area contributed by atoms with Crippen molar-refractivity contribution in [3.8, 4) is 0 Å². The van der Waals surface area contributed by atoms with Crippen LogP contribution in [0.5, 0.6) is 0 Å². The minimum absolute atomic E-state index is 0.181. The highest BCUT2D eigenvalue weighted by Gasteiger charge is 2.21. The third kappa shape index (κ3) is 4.09. The molecule has 0 aliphatic carbocycles. The molecule has 20 heavy (non-hydrogen) atoms. The van der Waals surface area contributed by atoms with Gasteiger partial charge in [0.2, 0.25) is 0 Å². The first-order chi connectivity index (χ1) is 9.58. The number of hydrogen-bond acceptors (Lipinski definition) is 2. The summed E-state index contributed by atoms with van der Waals surface area (Å²) in [6, 6.07) is 3.25. The monoisotopic (exact) mass is 302 g/mol. The summed E-state index contributed by atoms with van der Waals surface area (Å²) < 4.78 is 26.2. The highest BCUT2D eigenvalue weighted by molar-refractivity contribution is 7.80. The largest absolute Gasteiger partial charge is 0.391 e. The van der Waals surface area contributed by atoms with Crippen molar-refractivity contribution in [1.29, 1.82) is 0 Å². The van der Waals surface area contributed by atoms with Gasteiger partial charge in [0.1, 0.15) is 18.2 Å². The molecule has 1 aliphatic rings. The Morgan fingerprint density at radius 1 is 1.25 bits per heavy atom. The minimum atomic E-state index is -0.632. The number of nitrogens with zero attached hydrogens (tertiary/aromatic N) is 1. The number of anilines is 1. The van der Waals surface area contributed by atoms with Gasteiger partial charge in [0.15, 0.2) is 5.11 Å². The third-order valence-electron chi connectivity index (χ3n) is 3.34. The molecular formula is C13H18F2N3OS+. The van der Waals surface area contributed by atoms with Crippen LogP contribution in [0.4, 0.5) is 14.5 Å². The molecule has 110 valence electrons. The number of nitrogens with one attached hydrogen (secondary N) is 2. The Morgan fingerprint density at radius 2 is 1.85 bits per heavy atom. The fourth-order valence-electron chi connectivity index (χ4n) is 2.26. The van der Waals surface area contributed by atoms with E-state index >= 15 is 0 Å². The molecule has 7 heteroatoms. The maximum Gasteiger partial charge on any atom is 0.173 e. The lowest BCUT2D eigenvalue weighted by Crippen LogP contribution is -3.15. The topological polar surface area (TPSA) is 39.9 Å². The summed E-state index contributed by atoms with van der Waals surface area (Å²) in [5.41, 5.74) is 0.317. The summed E-state index contributed by atoms with van der Waals surface area (Å²) in [4.78, 5) is 3.31. The zero-order valence-electron chi connectivity index (χ0n) is 11.0. The Kier molecular flexibility index (Phi) is 5.22. The lowest BCUT2D eigenvalue weighted by molar-refractivity contribution is -0.904. The maximum atomic E-state index is 13.1. The Morgan fingerprint density at radius 3 is 2.40 bits per heavy atom. The van der Waals surface area contributed by atoms with Crippen molar-refractivity contribution in [3.05, 3.63) is 29.8 Å². The van der Waals surface area contributed by atoms with Crippen LogP contribution in [0, 0.1) is 11.6 Å². The first kappa shape index (κ1) is 15.1. The molecule has 4 nitrogen and oxygen atoms in total. The summed E-state index contributed by atoms with van der Waals surface area (Å²) in [5, 5.41) is 12.2. The van der Waals surface area contributed by atoms with Gasteiger partial charge < -0.3 is 20.2 Å². The summed E-state index contributed by atoms with van der Waals surface area (Å²) in [6.07, 6.45) is 0. The molecule has 2 rings (SSSR count). The summed E-state index contributed by atoms with van der Waals surface area (Å²) in [6.45, 7) is 4.22. The molecule has 0 amide bonds. The molecule has 3 N–H and O–H groups in total. The molecular weight excluding hydrogens is 284 g/mol. The fourth-order valence-corrected chi connectivity index (χ4v) is 2.56. The number of halogens is 2. The van der Waals surface area contributed by atoms with Crippen LogP contribution >= 0.6 is 12.2 Å². The second kappa shape index (κ2) is 6.92. The highest BCUT2D eigenvalue weighted by Crippen LogP contribution is 2.13. The molecule has 1 aromatic carbocycles. The van der Waals surface area contributed by atoms with Crippen LogP contribution in [0.25, 0.3) is 0 Å². The SMILES string of the molecule is OCC[NH+]1CCN(C(=S)Nc2cc(F)cc(F)c2)CC1. The van der Waals surface area contributed by atoms with Gasteiger partial charge in [0.05, 0.1) is 32.8 Å². The van der Waals surface area contributed by atoms with E-state index in [1.807, 2.05) is 4.90 Å². The quantitative estimate of drug-likeness (QED) is 0.680. The summed E-state index contributed by atoms with van der Waals surface area (Å²) in [7, 11) is 0. The van der Waals surface area contributed by atoms with E-state index in [1.165, 1.54) is 17.0 Å². The van der Waals surface area contributed by atoms with Crippen molar-refractivity contribution in [2.24, 2.45) is 0 Å². The predicted molar refractivity (Wildman–Crippen MR) is 76.8 cm³/mol. The molecule has 0 bridgehead atoms. The third-order valence-corrected chi connectivity index (χ3v) is 3.70. The van der Waals surface area contributed by atoms with Crippen molar-refractivity contribution in [2.75, 3.05) is 44.6 Å². The number of aliphatic hydroxyl groups is 1. The van der Waals surface area contributed by atoms with Gasteiger partial charge in [0, 0.05) is 11.8 Å². The number of aliphatic hydroxyl groups excluding tert-OH is 1. The van der Waals surface area contributed by atoms with E-state index in [-0.39, 0.29) is 6.61 Å². The predicted octanol–water partition coefficient (Wildman–Crippen LogP) is -0.146. The van der Waals surface area contributed by atoms with Crippen molar-refractivity contribution in [1.82, 2.24) is 4.90 Å². The van der Waals surface area contributed by atoms with Crippen molar-refractivity contribution in [3.63, 3.8) is 0 Å². The lowest BCUT2D eigenvalue weighted by atomic mass is 10.3. The van der Waals surface area contributed by atoms with Crippen molar-refractivity contribution < 1.29 is 18.8 Å². The molecule has 1 aromatic rings. The van der Waals surface area contributed by atoms with Crippen LogP contribution < -0.4 is 10.2 Å². The second-order valence-electron chi connectivity index (χ2n) is 4.80. The maximum absolute atomic E-state index is 13.1. The van der Waals surface area contributed by atoms with Crippen LogP contribution in [0.3, 0.4) is 0 Å². The zero-order chi connectivity index (χ0) is 14.5. The lowest BCUT2D eigenvalue weighted by Gasteiger charge is -2.33. The molecule has 1 saturated heterocycles. The Labute approximate surface area is 122 Å². The van der Waals surface area contributed by atoms with Crippen LogP contribution in [0.15, 0.2) is 18.2 Å². The van der Waals surface area contributed by atoms with Crippen LogP contribution in [-0.2, 0) is 0 Å². The smallest absolute Gasteiger partial charge is 0.173 e. The highest BCUT2D eigenvalue weighted by atomic mass is 32.1. The molecule has 0 aromatic heterocycles. The van der Waals surface area contributed by atoms with Gasteiger partial charge in [-0.15, -0.1) is 0 Å². The summed E-state index contributed by atoms with van der Waals surface area (Å²) >= 11 is 5.26. The van der Waals surface area contributed by atoms with E-state index in [0.29, 0.717) is 10.8 Å². The first-order valence-electron chi connectivity index (χ1n) is 6.55. The molecule has 0 unspecified atom stereocenters. The van der Waals surface area contributed by atoms with Crippen LogP contribution in [0.2, 0.25) is 0 Å². The molecule has 1 aliphatic heterocycles. The fraction of sp³-hybridized carbons (Fsp3) is 0.462. The van der Waals surface area contributed by atoms with Crippen LogP contribution in [-0.4, -0.2) is 54.4 Å². The Bertz CT molecular complexity index is 458. The summed E-state index contributed by atoms with van der Waals surface area (Å²) in [5.74, 6) is -1.26. The average Bonchev–Trinajstić information content (AvgIpc) is 2.38. The number of benzene rings is 1. The number of hydrogen-bond donors (Lipinski definition) is 3. The van der Waals surface area contributed by atoms with Gasteiger partial charge >= 0.3 is 0 Å². The molecule has 0 spiro atoms. The van der Waals surface area contributed by atoms with Crippen molar-refractivity contribution >= 4 is 23.0 Å². The normalized spacial score (nSPS) is 16.2. The van der Waals surface area contributed by atoms with E-state index in [4.69, 9.17) is 17.3 Å². The van der Waals surface area contributed by atoms with Gasteiger partial charge in [-0.2, -0.15) is 0 Å². The molecule has 0 saturated carbocycles. The Hall–Kier alpha value is -1.31. The number of quaternary nitrogens is 1. The standard InChI is InChI=1S/C13H17F2N3OS/c14-10-7-11(15)9-12(8-10)16-13(20)18-3-1-17(2-4-18)5-6-19/h7-9,19H,1-6H2,(H,16,20)/p+1. The molecule has 1 heterocycles. The molecule has 0 atom stereocenters. The van der Waals surface area contributed by atoms with E-state index in [9.17, 15) is 8.78 Å². The van der Waals surface area contributed by atoms with Crippen LogP contribution in [0.1, 0.15) is 0 Å². The van der Waals surface area contributed by atoms with E-state index in [2.05, 4.69) is 5.32 Å². The average molecular weight is 302 g/mol. The van der Waals surface area contributed by atoms with Gasteiger partial charge in [-0.05, 0) is 24.4 Å². The number of thiocarbonyl (C=S) groups is 1. The first-order valence-corrected chi connectivity index (χ1v) is 6.96. The zero-order valence-corrected chi connectivity index (χ0v) is 11.8. The number of rotatable bonds is 3. The van der Waals surface area contributed by atoms with Crippen molar-refractivity contribution in [2.45, 2.75) is 0 Å². The number of piperazine rings is 1. The molecule has 1 fully saturated rings. The van der Waals surface area contributed by atoms with Gasteiger partial charge in [0.25, 0.3) is 0 Å². The van der Waals surface area contributed by atoms with E-state index < -0.39 is 11.6 Å². The van der Waals surface area contributed by atoms with Gasteiger partial charge in [-0.3, -0.25) is 0 Å². The van der Waals surface area contributed by atoms with Gasteiger partial charge in [-0.25, -0.2) is 8.78 Å². The minimum Gasteiger partial charge on any atom is -0.391 e. The molecule has 0 radical (unpaired) electrons. The van der Waals surface area contributed by atoms with Gasteiger partial charge in [-0.1, -0.05) is 0 Å². The van der Waals surface area contributed by atoms with E-state index in [1.54, 1.807) is 0 Å².